The first-order valence-electron chi connectivity index (χ1n) is 6.12. The molecule has 0 fully saturated rings. The van der Waals surface area contributed by atoms with Gasteiger partial charge >= 0.3 is 0 Å². The number of hydrogen-bond donors (Lipinski definition) is 1. The average molecular weight is 261 g/mol. The molecule has 0 aliphatic rings. The molecule has 2 aromatic rings. The van der Waals surface area contributed by atoms with Gasteiger partial charge in [0.1, 0.15) is 0 Å². The first kappa shape index (κ1) is 13.3. The van der Waals surface area contributed by atoms with Gasteiger partial charge < -0.3 is 10.1 Å². The van der Waals surface area contributed by atoms with E-state index in [9.17, 15) is 0 Å². The molecule has 1 heterocycles. The van der Waals surface area contributed by atoms with Crippen LogP contribution in [0.2, 0.25) is 0 Å². The van der Waals surface area contributed by atoms with Gasteiger partial charge in [-0.3, -0.25) is 0 Å². The van der Waals surface area contributed by atoms with Crippen LogP contribution in [0.3, 0.4) is 0 Å². The largest absolute Gasteiger partial charge is 0.384 e. The predicted molar refractivity (Wildman–Crippen MR) is 77.2 cm³/mol. The number of ether oxygens (including phenoxy) is 1. The van der Waals surface area contributed by atoms with Crippen LogP contribution >= 0.6 is 11.3 Å². The fraction of sp³-hybridized carbons (Fsp3) is 0.333. The van der Waals surface area contributed by atoms with Crippen molar-refractivity contribution in [3.8, 4) is 0 Å². The van der Waals surface area contributed by atoms with Crippen molar-refractivity contribution in [1.82, 2.24) is 5.32 Å². The summed E-state index contributed by atoms with van der Waals surface area (Å²) in [7, 11) is 3.74. The summed E-state index contributed by atoms with van der Waals surface area (Å²) in [5, 5.41) is 7.68. The lowest BCUT2D eigenvalue weighted by atomic mass is 9.99. The van der Waals surface area contributed by atoms with Crippen molar-refractivity contribution < 1.29 is 4.74 Å². The van der Waals surface area contributed by atoms with Gasteiger partial charge in [-0.05, 0) is 47.0 Å². The summed E-state index contributed by atoms with van der Waals surface area (Å²) in [5.74, 6) is 0. The molecule has 1 aromatic carbocycles. The van der Waals surface area contributed by atoms with Gasteiger partial charge in [-0.25, -0.2) is 0 Å². The highest BCUT2D eigenvalue weighted by Gasteiger charge is 2.11. The lowest BCUT2D eigenvalue weighted by Gasteiger charge is -2.16. The smallest absolute Gasteiger partial charge is 0.0582 e. The van der Waals surface area contributed by atoms with Gasteiger partial charge in [0.2, 0.25) is 0 Å². The molecule has 0 spiro atoms. The van der Waals surface area contributed by atoms with Crippen LogP contribution in [0.4, 0.5) is 0 Å². The van der Waals surface area contributed by atoms with Crippen molar-refractivity contribution in [1.29, 1.82) is 0 Å². The van der Waals surface area contributed by atoms with Gasteiger partial charge in [-0.1, -0.05) is 24.3 Å². The molecule has 1 unspecified atom stereocenters. The van der Waals surface area contributed by atoms with Gasteiger partial charge in [0.25, 0.3) is 0 Å². The van der Waals surface area contributed by atoms with Crippen molar-refractivity contribution >= 4 is 11.3 Å². The molecule has 0 bridgehead atoms. The van der Waals surface area contributed by atoms with Crippen LogP contribution in [0.1, 0.15) is 22.7 Å². The Morgan fingerprint density at radius 3 is 2.50 bits per heavy atom. The van der Waals surface area contributed by atoms with Gasteiger partial charge in [0.15, 0.2) is 0 Å². The number of thiophene rings is 1. The van der Waals surface area contributed by atoms with E-state index in [1.54, 1.807) is 18.4 Å². The first-order valence-corrected chi connectivity index (χ1v) is 7.06. The highest BCUT2D eigenvalue weighted by Crippen LogP contribution is 2.24. The summed E-state index contributed by atoms with van der Waals surface area (Å²) in [6.07, 6.45) is 0.972. The Kier molecular flexibility index (Phi) is 4.93. The molecule has 1 atom stereocenters. The summed E-state index contributed by atoms with van der Waals surface area (Å²) in [5.41, 5.74) is 3.95. The molecule has 0 aliphatic carbocycles. The second-order valence-corrected chi connectivity index (χ2v) is 5.04. The van der Waals surface area contributed by atoms with Crippen LogP contribution in [-0.2, 0) is 11.2 Å². The Hall–Kier alpha value is -1.16. The summed E-state index contributed by atoms with van der Waals surface area (Å²) >= 11 is 1.74. The van der Waals surface area contributed by atoms with E-state index in [2.05, 4.69) is 46.4 Å². The van der Waals surface area contributed by atoms with Crippen molar-refractivity contribution in [2.75, 3.05) is 20.8 Å². The zero-order chi connectivity index (χ0) is 12.8. The molecule has 96 valence electrons. The van der Waals surface area contributed by atoms with Crippen LogP contribution in [0, 0.1) is 0 Å². The fourth-order valence-electron chi connectivity index (χ4n) is 2.06. The minimum Gasteiger partial charge on any atom is -0.384 e. The van der Waals surface area contributed by atoms with E-state index < -0.39 is 0 Å². The molecule has 1 aromatic heterocycles. The SMILES string of the molecule is CNC(c1ccc(CCOC)cc1)c1ccsc1. The van der Waals surface area contributed by atoms with E-state index in [1.807, 2.05) is 7.05 Å². The highest BCUT2D eigenvalue weighted by molar-refractivity contribution is 7.08. The Labute approximate surface area is 113 Å². The van der Waals surface area contributed by atoms with E-state index in [1.165, 1.54) is 16.7 Å². The third-order valence-corrected chi connectivity index (χ3v) is 3.77. The number of hydrogen-bond acceptors (Lipinski definition) is 3. The third kappa shape index (κ3) is 3.19. The fourth-order valence-corrected chi connectivity index (χ4v) is 2.75. The number of nitrogens with one attached hydrogen (secondary N) is 1. The van der Waals surface area contributed by atoms with E-state index >= 15 is 0 Å². The van der Waals surface area contributed by atoms with Crippen LogP contribution in [-0.4, -0.2) is 20.8 Å². The van der Waals surface area contributed by atoms with E-state index in [-0.39, 0.29) is 6.04 Å². The summed E-state index contributed by atoms with van der Waals surface area (Å²) in [6.45, 7) is 0.777. The lowest BCUT2D eigenvalue weighted by molar-refractivity contribution is 0.202. The maximum atomic E-state index is 5.09. The maximum Gasteiger partial charge on any atom is 0.0582 e. The van der Waals surface area contributed by atoms with Gasteiger partial charge in [0.05, 0.1) is 12.6 Å². The van der Waals surface area contributed by atoms with Crippen LogP contribution in [0.15, 0.2) is 41.1 Å². The molecule has 0 radical (unpaired) electrons. The average Bonchev–Trinajstić information content (AvgIpc) is 2.93. The van der Waals surface area contributed by atoms with E-state index in [4.69, 9.17) is 4.74 Å². The first-order chi connectivity index (χ1) is 8.85. The van der Waals surface area contributed by atoms with Crippen molar-refractivity contribution in [3.63, 3.8) is 0 Å². The summed E-state index contributed by atoms with van der Waals surface area (Å²) in [4.78, 5) is 0. The Morgan fingerprint density at radius 1 is 1.17 bits per heavy atom. The minimum atomic E-state index is 0.285. The Bertz CT molecular complexity index is 450. The monoisotopic (exact) mass is 261 g/mol. The molecule has 1 N–H and O–H groups in total. The second kappa shape index (κ2) is 6.69. The Balaban J connectivity index is 2.12. The van der Waals surface area contributed by atoms with Crippen molar-refractivity contribution in [2.45, 2.75) is 12.5 Å². The minimum absolute atomic E-state index is 0.285. The number of methoxy groups -OCH3 is 1. The maximum absolute atomic E-state index is 5.09. The van der Waals surface area contributed by atoms with Crippen molar-refractivity contribution in [3.05, 3.63) is 57.8 Å². The molecular formula is C15H19NOS. The molecule has 0 amide bonds. The third-order valence-electron chi connectivity index (χ3n) is 3.07. The molecule has 3 heteroatoms. The number of rotatable bonds is 6. The lowest BCUT2D eigenvalue weighted by Crippen LogP contribution is -2.16. The summed E-state index contributed by atoms with van der Waals surface area (Å²) in [6, 6.07) is 11.2. The number of benzene rings is 1. The zero-order valence-corrected chi connectivity index (χ0v) is 11.7. The molecular weight excluding hydrogens is 242 g/mol. The van der Waals surface area contributed by atoms with Crippen LogP contribution < -0.4 is 5.32 Å². The zero-order valence-electron chi connectivity index (χ0n) is 10.8. The molecule has 2 rings (SSSR count). The van der Waals surface area contributed by atoms with E-state index in [0.717, 1.165) is 13.0 Å². The van der Waals surface area contributed by atoms with Gasteiger partial charge in [-0.15, -0.1) is 0 Å². The molecule has 0 saturated carbocycles. The molecule has 0 aliphatic heterocycles. The highest BCUT2D eigenvalue weighted by atomic mass is 32.1. The van der Waals surface area contributed by atoms with Crippen molar-refractivity contribution in [2.24, 2.45) is 0 Å². The van der Waals surface area contributed by atoms with Gasteiger partial charge in [-0.2, -0.15) is 11.3 Å². The molecule has 0 saturated heterocycles. The van der Waals surface area contributed by atoms with E-state index in [0.29, 0.717) is 0 Å². The quantitative estimate of drug-likeness (QED) is 0.862. The summed E-state index contributed by atoms with van der Waals surface area (Å²) < 4.78 is 5.09. The van der Waals surface area contributed by atoms with Crippen LogP contribution in [0.5, 0.6) is 0 Å². The Morgan fingerprint density at radius 2 is 1.94 bits per heavy atom. The topological polar surface area (TPSA) is 21.3 Å². The molecule has 2 nitrogen and oxygen atoms in total. The van der Waals surface area contributed by atoms with Crippen LogP contribution in [0.25, 0.3) is 0 Å². The predicted octanol–water partition coefficient (Wildman–Crippen LogP) is 3.25. The molecule has 18 heavy (non-hydrogen) atoms. The standard InChI is InChI=1S/C15H19NOS/c1-16-15(14-8-10-18-11-14)13-5-3-12(4-6-13)7-9-17-2/h3-6,8,10-11,15-16H,7,9H2,1-2H3. The normalized spacial score (nSPS) is 12.6. The second-order valence-electron chi connectivity index (χ2n) is 4.26. The van der Waals surface area contributed by atoms with Gasteiger partial charge in [0, 0.05) is 7.11 Å².